The number of aryl methyl sites for hydroxylation is 4. The minimum Gasteiger partial charge on any atom is -0.309 e. The Morgan fingerprint density at radius 1 is 0.429 bits per heavy atom. The van der Waals surface area contributed by atoms with Crippen LogP contribution in [0.1, 0.15) is 27.8 Å². The molecule has 0 aliphatic rings. The van der Waals surface area contributed by atoms with E-state index in [-0.39, 0.29) is 0 Å². The predicted molar refractivity (Wildman–Crippen MR) is 231 cm³/mol. The van der Waals surface area contributed by atoms with Gasteiger partial charge in [-0.05, 0) is 94.4 Å². The molecular weight excluding hydrogens is 683 g/mol. The number of nitriles is 1. The molecule has 0 atom stereocenters. The van der Waals surface area contributed by atoms with Crippen molar-refractivity contribution < 1.29 is 0 Å². The summed E-state index contributed by atoms with van der Waals surface area (Å²) in [6.45, 7) is 8.53. The number of benzene rings is 7. The summed E-state index contributed by atoms with van der Waals surface area (Å²) in [5.74, 6) is 0.634. The quantitative estimate of drug-likeness (QED) is 0.178. The largest absolute Gasteiger partial charge is 0.309 e. The average Bonchev–Trinajstić information content (AvgIpc) is 3.71. The van der Waals surface area contributed by atoms with Crippen LogP contribution in [0.2, 0.25) is 0 Å². The fraction of sp³-hybridized carbons (Fsp3) is 0.0784. The molecule has 266 valence electrons. The molecule has 0 saturated carbocycles. The van der Waals surface area contributed by atoms with Gasteiger partial charge >= 0.3 is 0 Å². The molecule has 0 aliphatic heterocycles. The van der Waals surface area contributed by atoms with Gasteiger partial charge < -0.3 is 9.13 Å². The number of nitrogens with zero attached hydrogens (tertiary/aromatic N) is 5. The normalized spacial score (nSPS) is 11.6. The van der Waals surface area contributed by atoms with Crippen molar-refractivity contribution in [1.29, 1.82) is 5.26 Å². The molecule has 0 aliphatic carbocycles. The molecule has 0 amide bonds. The molecule has 3 heterocycles. The summed E-state index contributed by atoms with van der Waals surface area (Å²) in [7, 11) is 0. The molecule has 10 aromatic rings. The zero-order valence-electron chi connectivity index (χ0n) is 31.7. The Morgan fingerprint density at radius 2 is 0.857 bits per heavy atom. The van der Waals surface area contributed by atoms with E-state index in [4.69, 9.17) is 9.97 Å². The van der Waals surface area contributed by atoms with Crippen molar-refractivity contribution in [3.8, 4) is 51.3 Å². The van der Waals surface area contributed by atoms with Crippen molar-refractivity contribution in [2.45, 2.75) is 27.7 Å². The zero-order chi connectivity index (χ0) is 38.1. The van der Waals surface area contributed by atoms with Gasteiger partial charge in [-0.3, -0.25) is 0 Å². The fourth-order valence-corrected chi connectivity index (χ4v) is 8.32. The van der Waals surface area contributed by atoms with Crippen molar-refractivity contribution >= 4 is 43.6 Å². The molecule has 0 radical (unpaired) electrons. The molecule has 56 heavy (non-hydrogen) atoms. The molecular formula is C51H37N5. The summed E-state index contributed by atoms with van der Waals surface area (Å²) in [4.78, 5) is 10.5. The Bertz CT molecular complexity index is 3060. The number of aromatic nitrogens is 4. The maximum Gasteiger partial charge on any atom is 0.160 e. The maximum absolute atomic E-state index is 11.1. The summed E-state index contributed by atoms with van der Waals surface area (Å²) in [6.07, 6.45) is 0. The van der Waals surface area contributed by atoms with Gasteiger partial charge in [-0.1, -0.05) is 107 Å². The zero-order valence-corrected chi connectivity index (χ0v) is 31.7. The monoisotopic (exact) mass is 719 g/mol. The average molecular weight is 720 g/mol. The summed E-state index contributed by atoms with van der Waals surface area (Å²) >= 11 is 0. The predicted octanol–water partition coefficient (Wildman–Crippen LogP) is 12.8. The number of fused-ring (bicyclic) bond motifs is 6. The molecule has 0 fully saturated rings. The van der Waals surface area contributed by atoms with Gasteiger partial charge in [-0.2, -0.15) is 5.26 Å². The first-order chi connectivity index (χ1) is 27.3. The molecule has 5 heteroatoms. The summed E-state index contributed by atoms with van der Waals surface area (Å²) in [6, 6.07) is 55.8. The van der Waals surface area contributed by atoms with E-state index in [9.17, 15) is 5.26 Å². The van der Waals surface area contributed by atoms with E-state index < -0.39 is 0 Å². The molecule has 5 nitrogen and oxygen atoms in total. The second kappa shape index (κ2) is 12.9. The van der Waals surface area contributed by atoms with Crippen LogP contribution in [0.15, 0.2) is 152 Å². The maximum atomic E-state index is 11.1. The highest BCUT2D eigenvalue weighted by Crippen LogP contribution is 2.42. The topological polar surface area (TPSA) is 59.4 Å². The molecule has 0 saturated heterocycles. The minimum absolute atomic E-state index is 0.568. The van der Waals surface area contributed by atoms with Crippen molar-refractivity contribution in [2.24, 2.45) is 0 Å². The van der Waals surface area contributed by atoms with Gasteiger partial charge in [-0.25, -0.2) is 9.97 Å². The lowest BCUT2D eigenvalue weighted by atomic mass is 10.0. The molecule has 0 N–H and O–H groups in total. The van der Waals surface area contributed by atoms with Gasteiger partial charge in [0.2, 0.25) is 0 Å². The van der Waals surface area contributed by atoms with E-state index in [2.05, 4.69) is 158 Å². The first kappa shape index (κ1) is 33.3. The van der Waals surface area contributed by atoms with E-state index in [1.165, 1.54) is 33.0 Å². The number of hydrogen-bond donors (Lipinski definition) is 0. The van der Waals surface area contributed by atoms with Crippen molar-refractivity contribution in [3.05, 3.63) is 179 Å². The third kappa shape index (κ3) is 5.38. The van der Waals surface area contributed by atoms with Gasteiger partial charge in [0.15, 0.2) is 5.82 Å². The van der Waals surface area contributed by atoms with Crippen LogP contribution in [0.5, 0.6) is 0 Å². The van der Waals surface area contributed by atoms with Crippen LogP contribution in [0, 0.1) is 39.0 Å². The summed E-state index contributed by atoms with van der Waals surface area (Å²) < 4.78 is 4.57. The first-order valence-corrected chi connectivity index (χ1v) is 19.0. The Kier molecular flexibility index (Phi) is 7.69. The smallest absolute Gasteiger partial charge is 0.160 e. The number of rotatable bonds is 5. The van der Waals surface area contributed by atoms with E-state index >= 15 is 0 Å². The molecule has 0 unspecified atom stereocenters. The van der Waals surface area contributed by atoms with Crippen LogP contribution < -0.4 is 0 Å². The van der Waals surface area contributed by atoms with Crippen LogP contribution in [0.3, 0.4) is 0 Å². The van der Waals surface area contributed by atoms with Crippen LogP contribution in [-0.4, -0.2) is 19.1 Å². The van der Waals surface area contributed by atoms with Gasteiger partial charge in [-0.15, -0.1) is 0 Å². The Morgan fingerprint density at radius 3 is 1.32 bits per heavy atom. The Labute approximate surface area is 325 Å². The molecule has 7 aromatic carbocycles. The van der Waals surface area contributed by atoms with Gasteiger partial charge in [0.05, 0.1) is 50.4 Å². The second-order valence-corrected chi connectivity index (χ2v) is 14.9. The van der Waals surface area contributed by atoms with Crippen LogP contribution in [-0.2, 0) is 0 Å². The summed E-state index contributed by atoms with van der Waals surface area (Å²) in [5.41, 5.74) is 15.6. The Balaban J connectivity index is 1.37. The van der Waals surface area contributed by atoms with Crippen LogP contribution in [0.25, 0.3) is 88.9 Å². The van der Waals surface area contributed by atoms with Crippen LogP contribution in [0.4, 0.5) is 0 Å². The van der Waals surface area contributed by atoms with Gasteiger partial charge in [0.1, 0.15) is 6.07 Å². The van der Waals surface area contributed by atoms with E-state index in [0.29, 0.717) is 11.4 Å². The van der Waals surface area contributed by atoms with Gasteiger partial charge in [0, 0.05) is 38.2 Å². The van der Waals surface area contributed by atoms with Crippen molar-refractivity contribution in [1.82, 2.24) is 19.1 Å². The molecule has 10 rings (SSSR count). The number of hydrogen-bond acceptors (Lipinski definition) is 3. The lowest BCUT2D eigenvalue weighted by Crippen LogP contribution is -2.05. The molecule has 3 aromatic heterocycles. The third-order valence-electron chi connectivity index (χ3n) is 11.0. The fourth-order valence-electron chi connectivity index (χ4n) is 8.32. The molecule has 0 spiro atoms. The van der Waals surface area contributed by atoms with Crippen molar-refractivity contribution in [3.63, 3.8) is 0 Å². The molecule has 0 bridgehead atoms. The Hall–Kier alpha value is -7.29. The third-order valence-corrected chi connectivity index (χ3v) is 11.0. The van der Waals surface area contributed by atoms with Gasteiger partial charge in [0.25, 0.3) is 0 Å². The second-order valence-electron chi connectivity index (χ2n) is 14.9. The van der Waals surface area contributed by atoms with E-state index in [1.807, 2.05) is 36.4 Å². The highest BCUT2D eigenvalue weighted by molar-refractivity contribution is 6.11. The van der Waals surface area contributed by atoms with E-state index in [0.717, 1.165) is 72.3 Å². The van der Waals surface area contributed by atoms with Crippen LogP contribution >= 0.6 is 0 Å². The lowest BCUT2D eigenvalue weighted by Gasteiger charge is -2.19. The minimum atomic E-state index is 0.568. The highest BCUT2D eigenvalue weighted by atomic mass is 15.0. The highest BCUT2D eigenvalue weighted by Gasteiger charge is 2.23. The first-order valence-electron chi connectivity index (χ1n) is 19.0. The van der Waals surface area contributed by atoms with E-state index in [1.54, 1.807) is 0 Å². The summed E-state index contributed by atoms with van der Waals surface area (Å²) in [5, 5.41) is 15.8. The lowest BCUT2D eigenvalue weighted by molar-refractivity contribution is 1.12. The standard InChI is InChI=1S/C51H37N5/c1-31-15-19-45-38(23-31)39-24-32(2)16-20-46(39)55(45)49-28-42(44-29-43(35-11-7-5-8-12-35)53-51(54-44)36-13-9-6-10-14-36)50(27-37(49)30-52)56-47-21-17-33(3)25-40(47)41-26-34(4)18-22-48(41)56/h5-29H,1-4H3. The van der Waals surface area contributed by atoms with Crippen molar-refractivity contribution in [2.75, 3.05) is 0 Å². The SMILES string of the molecule is Cc1ccc2c(c1)c1cc(C)ccc1n2-c1cc(-c2cc(-c3ccccc3)nc(-c3ccccc3)n2)c(-n2c3ccc(C)cc3c3cc(C)ccc32)cc1C#N.